The van der Waals surface area contributed by atoms with Crippen LogP contribution in [-0.2, 0) is 16.9 Å². The van der Waals surface area contributed by atoms with Gasteiger partial charge in [0.2, 0.25) is 0 Å². The molecular formula is C16H12BrF4NO2. The molecule has 0 fully saturated rings. The number of carbonyl (C=O) groups is 1. The number of carbonyl (C=O) groups excluding carboxylic acids is 1. The van der Waals surface area contributed by atoms with Crippen LogP contribution in [0.15, 0.2) is 53.0 Å². The van der Waals surface area contributed by atoms with Gasteiger partial charge < -0.3 is 10.4 Å². The Bertz CT molecular complexity index is 737. The van der Waals surface area contributed by atoms with Crippen LogP contribution >= 0.6 is 15.9 Å². The molecule has 1 amide bonds. The molecule has 3 nitrogen and oxygen atoms in total. The summed E-state index contributed by atoms with van der Waals surface area (Å²) in [4.78, 5) is 12.1. The fourth-order valence-electron chi connectivity index (χ4n) is 2.09. The Hall–Kier alpha value is -1.93. The Labute approximate surface area is 143 Å². The van der Waals surface area contributed by atoms with E-state index in [-0.39, 0.29) is 5.56 Å². The predicted octanol–water partition coefficient (Wildman–Crippen LogP) is 3.65. The average Bonchev–Trinajstić information content (AvgIpc) is 2.54. The standard InChI is InChI=1S/C16H12BrF4NO2/c17-12-6-7-13(18)10(8-12)9-22-14(23)15(24,16(19,20)21)11-4-2-1-3-5-11/h1-8,24H,9H2,(H,22,23)/t15-/m0/s1. The van der Waals surface area contributed by atoms with Crippen molar-refractivity contribution in [3.63, 3.8) is 0 Å². The van der Waals surface area contributed by atoms with Gasteiger partial charge in [-0.25, -0.2) is 4.39 Å². The van der Waals surface area contributed by atoms with E-state index in [9.17, 15) is 27.5 Å². The van der Waals surface area contributed by atoms with E-state index in [0.29, 0.717) is 4.47 Å². The average molecular weight is 406 g/mol. The van der Waals surface area contributed by atoms with E-state index in [4.69, 9.17) is 0 Å². The lowest BCUT2D eigenvalue weighted by atomic mass is 9.92. The SMILES string of the molecule is O=C(NCc1cc(Br)ccc1F)[C@@](O)(c1ccccc1)C(F)(F)F. The molecule has 0 aliphatic carbocycles. The van der Waals surface area contributed by atoms with Gasteiger partial charge in [0.05, 0.1) is 0 Å². The fourth-order valence-corrected chi connectivity index (χ4v) is 2.49. The van der Waals surface area contributed by atoms with Gasteiger partial charge in [0, 0.05) is 22.1 Å². The summed E-state index contributed by atoms with van der Waals surface area (Å²) in [7, 11) is 0. The summed E-state index contributed by atoms with van der Waals surface area (Å²) in [5.41, 5.74) is -4.36. The first-order valence-electron chi connectivity index (χ1n) is 6.73. The molecule has 2 rings (SSSR count). The first-order chi connectivity index (χ1) is 11.2. The molecule has 0 bridgehead atoms. The van der Waals surface area contributed by atoms with Crippen LogP contribution in [0, 0.1) is 5.82 Å². The number of nitrogens with one attached hydrogen (secondary N) is 1. The normalized spacial score (nSPS) is 14.1. The fraction of sp³-hybridized carbons (Fsp3) is 0.188. The molecule has 0 unspecified atom stereocenters. The Morgan fingerprint density at radius 1 is 1.12 bits per heavy atom. The molecule has 0 heterocycles. The Kier molecular flexibility index (Phi) is 5.29. The topological polar surface area (TPSA) is 49.3 Å². The van der Waals surface area contributed by atoms with E-state index in [1.807, 2.05) is 5.32 Å². The molecule has 2 aromatic rings. The number of halogens is 5. The molecule has 0 aliphatic rings. The van der Waals surface area contributed by atoms with E-state index >= 15 is 0 Å². The van der Waals surface area contributed by atoms with Crippen LogP contribution in [0.25, 0.3) is 0 Å². The van der Waals surface area contributed by atoms with Crippen molar-refractivity contribution >= 4 is 21.8 Å². The summed E-state index contributed by atoms with van der Waals surface area (Å²) in [6.07, 6.45) is -5.24. The van der Waals surface area contributed by atoms with Crippen molar-refractivity contribution in [2.24, 2.45) is 0 Å². The number of amides is 1. The van der Waals surface area contributed by atoms with E-state index in [0.717, 1.165) is 18.2 Å². The first-order valence-corrected chi connectivity index (χ1v) is 7.52. The van der Waals surface area contributed by atoms with Gasteiger partial charge in [-0.3, -0.25) is 4.79 Å². The lowest BCUT2D eigenvalue weighted by Crippen LogP contribution is -2.54. The lowest BCUT2D eigenvalue weighted by Gasteiger charge is -2.29. The van der Waals surface area contributed by atoms with E-state index < -0.39 is 35.6 Å². The molecule has 8 heteroatoms. The van der Waals surface area contributed by atoms with Gasteiger partial charge in [-0.2, -0.15) is 13.2 Å². The zero-order valence-corrected chi connectivity index (χ0v) is 13.7. The maximum atomic E-state index is 13.6. The minimum absolute atomic E-state index is 0.0182. The third kappa shape index (κ3) is 3.59. The zero-order valence-electron chi connectivity index (χ0n) is 12.1. The Balaban J connectivity index is 2.28. The highest BCUT2D eigenvalue weighted by molar-refractivity contribution is 9.10. The highest BCUT2D eigenvalue weighted by Gasteiger charge is 2.60. The highest BCUT2D eigenvalue weighted by Crippen LogP contribution is 2.39. The van der Waals surface area contributed by atoms with Crippen LogP contribution < -0.4 is 5.32 Å². The van der Waals surface area contributed by atoms with Crippen LogP contribution in [0.1, 0.15) is 11.1 Å². The summed E-state index contributed by atoms with van der Waals surface area (Å²) in [5, 5.41) is 12.0. The molecule has 128 valence electrons. The Morgan fingerprint density at radius 2 is 1.75 bits per heavy atom. The smallest absolute Gasteiger partial charge is 0.369 e. The van der Waals surface area contributed by atoms with E-state index in [2.05, 4.69) is 15.9 Å². The number of aliphatic hydroxyl groups is 1. The summed E-state index contributed by atoms with van der Waals surface area (Å²) >= 11 is 3.10. The van der Waals surface area contributed by atoms with Crippen molar-refractivity contribution in [3.8, 4) is 0 Å². The molecule has 0 aliphatic heterocycles. The van der Waals surface area contributed by atoms with Crippen LogP contribution in [-0.4, -0.2) is 17.2 Å². The van der Waals surface area contributed by atoms with Gasteiger partial charge >= 0.3 is 6.18 Å². The van der Waals surface area contributed by atoms with Gasteiger partial charge in [-0.05, 0) is 18.2 Å². The van der Waals surface area contributed by atoms with Crippen molar-refractivity contribution in [2.75, 3.05) is 0 Å². The quantitative estimate of drug-likeness (QED) is 0.762. The second kappa shape index (κ2) is 6.90. The van der Waals surface area contributed by atoms with Gasteiger partial charge in [-0.1, -0.05) is 46.3 Å². The van der Waals surface area contributed by atoms with Crippen LogP contribution in [0.4, 0.5) is 17.6 Å². The number of alkyl halides is 3. The van der Waals surface area contributed by atoms with Gasteiger partial charge in [0.15, 0.2) is 0 Å². The van der Waals surface area contributed by atoms with Crippen molar-refractivity contribution in [2.45, 2.75) is 18.3 Å². The third-order valence-corrected chi connectivity index (χ3v) is 3.87. The molecule has 0 saturated heterocycles. The lowest BCUT2D eigenvalue weighted by molar-refractivity contribution is -0.257. The second-order valence-corrected chi connectivity index (χ2v) is 5.91. The largest absolute Gasteiger partial charge is 0.430 e. The molecular weight excluding hydrogens is 394 g/mol. The Morgan fingerprint density at radius 3 is 2.33 bits per heavy atom. The molecule has 0 saturated carbocycles. The zero-order chi connectivity index (χ0) is 18.0. The summed E-state index contributed by atoms with van der Waals surface area (Å²) in [6, 6.07) is 9.83. The molecule has 0 radical (unpaired) electrons. The maximum absolute atomic E-state index is 13.6. The molecule has 1 atom stereocenters. The molecule has 0 aromatic heterocycles. The highest BCUT2D eigenvalue weighted by atomic mass is 79.9. The van der Waals surface area contributed by atoms with Crippen LogP contribution in [0.3, 0.4) is 0 Å². The van der Waals surface area contributed by atoms with Gasteiger partial charge in [-0.15, -0.1) is 0 Å². The number of rotatable bonds is 4. The summed E-state index contributed by atoms with van der Waals surface area (Å²) < 4.78 is 54.1. The third-order valence-electron chi connectivity index (χ3n) is 3.38. The predicted molar refractivity (Wildman–Crippen MR) is 82.3 cm³/mol. The van der Waals surface area contributed by atoms with Gasteiger partial charge in [0.25, 0.3) is 11.5 Å². The summed E-state index contributed by atoms with van der Waals surface area (Å²) in [5.74, 6) is -2.37. The van der Waals surface area contributed by atoms with Crippen LogP contribution in [0.5, 0.6) is 0 Å². The minimum Gasteiger partial charge on any atom is -0.369 e. The second-order valence-electron chi connectivity index (χ2n) is 4.99. The van der Waals surface area contributed by atoms with Crippen molar-refractivity contribution in [1.82, 2.24) is 5.32 Å². The maximum Gasteiger partial charge on any atom is 0.430 e. The first kappa shape index (κ1) is 18.4. The molecule has 0 spiro atoms. The molecule has 24 heavy (non-hydrogen) atoms. The number of benzene rings is 2. The minimum atomic E-state index is -5.24. The van der Waals surface area contributed by atoms with E-state index in [1.54, 1.807) is 0 Å². The molecule has 2 aromatic carbocycles. The van der Waals surface area contributed by atoms with Gasteiger partial charge in [0.1, 0.15) is 5.82 Å². The van der Waals surface area contributed by atoms with Crippen LogP contribution in [0.2, 0.25) is 0 Å². The van der Waals surface area contributed by atoms with Crippen molar-refractivity contribution in [3.05, 3.63) is 69.9 Å². The number of hydrogen-bond donors (Lipinski definition) is 2. The monoisotopic (exact) mass is 405 g/mol. The van der Waals surface area contributed by atoms with Crippen molar-refractivity contribution < 1.29 is 27.5 Å². The number of hydrogen-bond acceptors (Lipinski definition) is 2. The molecule has 2 N–H and O–H groups in total. The summed E-state index contributed by atoms with van der Waals surface area (Å²) in [6.45, 7) is -0.505. The van der Waals surface area contributed by atoms with E-state index in [1.165, 1.54) is 30.3 Å². The van der Waals surface area contributed by atoms with Crippen molar-refractivity contribution in [1.29, 1.82) is 0 Å².